The summed E-state index contributed by atoms with van der Waals surface area (Å²) in [5.74, 6) is -0.783. The molecule has 0 aromatic carbocycles. The summed E-state index contributed by atoms with van der Waals surface area (Å²) >= 11 is 0. The molecule has 1 aromatic heterocycles. The standard InChI is InChI=1S/C12H12N6O2/c1-18-3-2-7(4-10(18)19)11(20)17-12-15-8(5-13)9(6-14)16-12/h7H,2-4H2,1H3,(H2,15,16,17,20)/t7-/m0/s1. The number of rotatable bonds is 2. The minimum Gasteiger partial charge on any atom is -0.346 e. The average molecular weight is 272 g/mol. The molecule has 2 amide bonds. The van der Waals surface area contributed by atoms with Crippen molar-refractivity contribution in [1.82, 2.24) is 14.9 Å². The van der Waals surface area contributed by atoms with Crippen molar-refractivity contribution in [2.75, 3.05) is 18.9 Å². The second-order valence-corrected chi connectivity index (χ2v) is 4.53. The van der Waals surface area contributed by atoms with Gasteiger partial charge in [0.2, 0.25) is 17.8 Å². The number of aromatic amines is 1. The van der Waals surface area contributed by atoms with Crippen LogP contribution in [0.25, 0.3) is 0 Å². The zero-order valence-corrected chi connectivity index (χ0v) is 10.8. The first-order valence-electron chi connectivity index (χ1n) is 6.00. The molecule has 0 aliphatic carbocycles. The fourth-order valence-electron chi connectivity index (χ4n) is 1.98. The Morgan fingerprint density at radius 1 is 1.50 bits per heavy atom. The minimum absolute atomic E-state index is 0.00209. The van der Waals surface area contributed by atoms with Crippen LogP contribution in [-0.2, 0) is 9.59 Å². The lowest BCUT2D eigenvalue weighted by molar-refractivity contribution is -0.137. The fraction of sp³-hybridized carbons (Fsp3) is 0.417. The van der Waals surface area contributed by atoms with Gasteiger partial charge < -0.3 is 9.88 Å². The predicted octanol–water partition coefficient (Wildman–Crippen LogP) is -0.0400. The molecule has 102 valence electrons. The van der Waals surface area contributed by atoms with E-state index in [0.717, 1.165) is 0 Å². The van der Waals surface area contributed by atoms with Crippen molar-refractivity contribution in [2.24, 2.45) is 5.92 Å². The van der Waals surface area contributed by atoms with Gasteiger partial charge in [-0.1, -0.05) is 0 Å². The summed E-state index contributed by atoms with van der Waals surface area (Å²) in [7, 11) is 1.70. The number of hydrogen-bond acceptors (Lipinski definition) is 5. The van der Waals surface area contributed by atoms with Crippen molar-refractivity contribution in [3.05, 3.63) is 11.4 Å². The third kappa shape index (κ3) is 2.59. The Balaban J connectivity index is 2.05. The van der Waals surface area contributed by atoms with E-state index in [1.165, 1.54) is 0 Å². The smallest absolute Gasteiger partial charge is 0.230 e. The van der Waals surface area contributed by atoms with Gasteiger partial charge in [-0.25, -0.2) is 4.98 Å². The molecule has 0 saturated carbocycles. The molecule has 8 heteroatoms. The number of nitriles is 2. The van der Waals surface area contributed by atoms with Gasteiger partial charge in [-0.2, -0.15) is 10.5 Å². The number of amides is 2. The highest BCUT2D eigenvalue weighted by Gasteiger charge is 2.29. The molecular weight excluding hydrogens is 260 g/mol. The Morgan fingerprint density at radius 2 is 2.25 bits per heavy atom. The molecule has 1 saturated heterocycles. The quantitative estimate of drug-likeness (QED) is 0.781. The maximum atomic E-state index is 12.0. The molecule has 1 aliphatic heterocycles. The van der Waals surface area contributed by atoms with Crippen LogP contribution in [-0.4, -0.2) is 40.3 Å². The molecule has 0 spiro atoms. The number of aromatic nitrogens is 2. The van der Waals surface area contributed by atoms with Gasteiger partial charge in [-0.3, -0.25) is 14.9 Å². The van der Waals surface area contributed by atoms with Crippen molar-refractivity contribution in [2.45, 2.75) is 12.8 Å². The zero-order chi connectivity index (χ0) is 14.7. The average Bonchev–Trinajstić information content (AvgIpc) is 2.83. The summed E-state index contributed by atoms with van der Waals surface area (Å²) in [5.41, 5.74) is -0.0653. The third-order valence-electron chi connectivity index (χ3n) is 3.19. The van der Waals surface area contributed by atoms with Crippen LogP contribution in [0.2, 0.25) is 0 Å². The van der Waals surface area contributed by atoms with Crippen molar-refractivity contribution in [3.8, 4) is 12.1 Å². The molecule has 2 heterocycles. The molecule has 1 atom stereocenters. The molecule has 1 fully saturated rings. The van der Waals surface area contributed by atoms with Crippen LogP contribution in [0.4, 0.5) is 5.95 Å². The number of anilines is 1. The lowest BCUT2D eigenvalue weighted by Gasteiger charge is -2.27. The molecule has 0 unspecified atom stereocenters. The highest BCUT2D eigenvalue weighted by Crippen LogP contribution is 2.19. The molecule has 8 nitrogen and oxygen atoms in total. The number of nitrogens with zero attached hydrogens (tertiary/aromatic N) is 4. The first-order chi connectivity index (χ1) is 9.55. The van der Waals surface area contributed by atoms with Gasteiger partial charge >= 0.3 is 0 Å². The molecule has 0 bridgehead atoms. The number of nitrogens with one attached hydrogen (secondary N) is 2. The summed E-state index contributed by atoms with van der Waals surface area (Å²) in [5, 5.41) is 20.0. The van der Waals surface area contributed by atoms with E-state index in [4.69, 9.17) is 10.5 Å². The Bertz CT molecular complexity index is 604. The van der Waals surface area contributed by atoms with Gasteiger partial charge in [0, 0.05) is 25.9 Å². The highest BCUT2D eigenvalue weighted by molar-refractivity contribution is 5.94. The van der Waals surface area contributed by atoms with Gasteiger partial charge in [-0.05, 0) is 6.42 Å². The van der Waals surface area contributed by atoms with Crippen LogP contribution in [0.15, 0.2) is 0 Å². The molecular formula is C12H12N6O2. The van der Waals surface area contributed by atoms with Crippen molar-refractivity contribution in [3.63, 3.8) is 0 Å². The van der Waals surface area contributed by atoms with Crippen LogP contribution in [0.1, 0.15) is 24.2 Å². The van der Waals surface area contributed by atoms with Gasteiger partial charge in [0.15, 0.2) is 11.4 Å². The van der Waals surface area contributed by atoms with E-state index in [-0.39, 0.29) is 35.6 Å². The second-order valence-electron chi connectivity index (χ2n) is 4.53. The monoisotopic (exact) mass is 272 g/mol. The third-order valence-corrected chi connectivity index (χ3v) is 3.19. The van der Waals surface area contributed by atoms with Gasteiger partial charge in [0.25, 0.3) is 0 Å². The number of likely N-dealkylation sites (tertiary alicyclic amines) is 1. The Morgan fingerprint density at radius 3 is 2.80 bits per heavy atom. The van der Waals surface area contributed by atoms with E-state index in [0.29, 0.717) is 13.0 Å². The SMILES string of the molecule is CN1CC[C@H](C(=O)Nc2nc(C#N)c(C#N)[nH]2)CC1=O. The number of piperidine rings is 1. The number of H-pyrrole nitrogens is 1. The van der Waals surface area contributed by atoms with Gasteiger partial charge in [0.1, 0.15) is 12.1 Å². The van der Waals surface area contributed by atoms with Crippen molar-refractivity contribution in [1.29, 1.82) is 10.5 Å². The topological polar surface area (TPSA) is 126 Å². The second kappa shape index (κ2) is 5.41. The van der Waals surface area contributed by atoms with Crippen molar-refractivity contribution < 1.29 is 9.59 Å². The number of hydrogen-bond donors (Lipinski definition) is 2. The number of carbonyl (C=O) groups excluding carboxylic acids is 2. The van der Waals surface area contributed by atoms with Crippen LogP contribution in [0.5, 0.6) is 0 Å². The molecule has 1 aromatic rings. The van der Waals surface area contributed by atoms with E-state index >= 15 is 0 Å². The Kier molecular flexibility index (Phi) is 3.67. The van der Waals surface area contributed by atoms with E-state index in [1.54, 1.807) is 24.1 Å². The zero-order valence-electron chi connectivity index (χ0n) is 10.8. The summed E-state index contributed by atoms with van der Waals surface area (Å²) in [4.78, 5) is 31.5. The molecule has 0 radical (unpaired) electrons. The van der Waals surface area contributed by atoms with Crippen LogP contribution >= 0.6 is 0 Å². The maximum Gasteiger partial charge on any atom is 0.230 e. The minimum atomic E-state index is -0.417. The molecule has 2 rings (SSSR count). The number of carbonyl (C=O) groups is 2. The van der Waals surface area contributed by atoms with E-state index in [9.17, 15) is 9.59 Å². The fourth-order valence-corrected chi connectivity index (χ4v) is 1.98. The first kappa shape index (κ1) is 13.6. The van der Waals surface area contributed by atoms with Crippen LogP contribution in [0, 0.1) is 28.6 Å². The lowest BCUT2D eigenvalue weighted by atomic mass is 9.96. The maximum absolute atomic E-state index is 12.0. The predicted molar refractivity (Wildman–Crippen MR) is 67.0 cm³/mol. The highest BCUT2D eigenvalue weighted by atomic mass is 16.2. The van der Waals surface area contributed by atoms with Crippen molar-refractivity contribution >= 4 is 17.8 Å². The molecule has 2 N–H and O–H groups in total. The summed E-state index contributed by atoms with van der Waals surface area (Å²) in [6, 6.07) is 3.54. The van der Waals surface area contributed by atoms with Gasteiger partial charge in [-0.15, -0.1) is 0 Å². The summed E-state index contributed by atoms with van der Waals surface area (Å²) < 4.78 is 0. The van der Waals surface area contributed by atoms with E-state index in [2.05, 4.69) is 15.3 Å². The summed E-state index contributed by atoms with van der Waals surface area (Å²) in [6.45, 7) is 0.530. The van der Waals surface area contributed by atoms with Crippen LogP contribution in [0.3, 0.4) is 0 Å². The lowest BCUT2D eigenvalue weighted by Crippen LogP contribution is -2.40. The largest absolute Gasteiger partial charge is 0.346 e. The van der Waals surface area contributed by atoms with Crippen LogP contribution < -0.4 is 5.32 Å². The number of imidazole rings is 1. The van der Waals surface area contributed by atoms with E-state index < -0.39 is 5.92 Å². The normalized spacial score (nSPS) is 18.2. The van der Waals surface area contributed by atoms with Gasteiger partial charge in [0.05, 0.1) is 0 Å². The first-order valence-corrected chi connectivity index (χ1v) is 6.00. The molecule has 20 heavy (non-hydrogen) atoms. The summed E-state index contributed by atoms with van der Waals surface area (Å²) in [6.07, 6.45) is 0.726. The Hall–Kier alpha value is -2.87. The Labute approximate surface area is 115 Å². The van der Waals surface area contributed by atoms with E-state index in [1.807, 2.05) is 0 Å². The molecule has 1 aliphatic rings.